The molecular formula is C13H15FN2O2. The van der Waals surface area contributed by atoms with E-state index in [1.807, 2.05) is 13.2 Å². The maximum atomic E-state index is 13.6. The van der Waals surface area contributed by atoms with Crippen molar-refractivity contribution in [2.45, 2.75) is 19.6 Å². The Kier molecular flexibility index (Phi) is 3.62. The highest BCUT2D eigenvalue weighted by atomic mass is 19.1. The SMILES string of the molecule is C[C@@H](O)c1ccc(OCc2cnn(C)c2)cc1F. The molecule has 0 saturated heterocycles. The fourth-order valence-electron chi connectivity index (χ4n) is 1.65. The summed E-state index contributed by atoms with van der Waals surface area (Å²) in [6.07, 6.45) is 2.71. The Morgan fingerprint density at radius 3 is 2.83 bits per heavy atom. The molecule has 0 radical (unpaired) electrons. The number of rotatable bonds is 4. The van der Waals surface area contributed by atoms with Crippen LogP contribution in [0, 0.1) is 5.82 Å². The highest BCUT2D eigenvalue weighted by Gasteiger charge is 2.09. The molecule has 0 amide bonds. The van der Waals surface area contributed by atoms with E-state index in [4.69, 9.17) is 4.74 Å². The number of aliphatic hydroxyl groups is 1. The quantitative estimate of drug-likeness (QED) is 0.904. The number of benzene rings is 1. The third-order valence-electron chi connectivity index (χ3n) is 2.59. The minimum atomic E-state index is -0.822. The van der Waals surface area contributed by atoms with Crippen LogP contribution in [0.2, 0.25) is 0 Å². The predicted octanol–water partition coefficient (Wildman–Crippen LogP) is 2.19. The normalized spacial score (nSPS) is 12.4. The van der Waals surface area contributed by atoms with Crippen LogP contribution in [0.25, 0.3) is 0 Å². The van der Waals surface area contributed by atoms with E-state index in [0.717, 1.165) is 5.56 Å². The van der Waals surface area contributed by atoms with Gasteiger partial charge >= 0.3 is 0 Å². The largest absolute Gasteiger partial charge is 0.489 e. The molecule has 18 heavy (non-hydrogen) atoms. The number of nitrogens with zero attached hydrogens (tertiary/aromatic N) is 2. The zero-order valence-corrected chi connectivity index (χ0v) is 10.3. The highest BCUT2D eigenvalue weighted by Crippen LogP contribution is 2.22. The highest BCUT2D eigenvalue weighted by molar-refractivity contribution is 5.30. The summed E-state index contributed by atoms with van der Waals surface area (Å²) in [5, 5.41) is 13.3. The minimum Gasteiger partial charge on any atom is -0.489 e. The first-order valence-electron chi connectivity index (χ1n) is 5.64. The van der Waals surface area contributed by atoms with Crippen molar-refractivity contribution in [3.05, 3.63) is 47.5 Å². The van der Waals surface area contributed by atoms with E-state index < -0.39 is 11.9 Å². The van der Waals surface area contributed by atoms with Crippen LogP contribution in [0.15, 0.2) is 30.6 Å². The Morgan fingerprint density at radius 1 is 1.50 bits per heavy atom. The molecule has 1 atom stereocenters. The van der Waals surface area contributed by atoms with Gasteiger partial charge < -0.3 is 9.84 Å². The molecule has 0 aliphatic heterocycles. The molecule has 2 rings (SSSR count). The van der Waals surface area contributed by atoms with Crippen LogP contribution < -0.4 is 4.74 Å². The lowest BCUT2D eigenvalue weighted by molar-refractivity contribution is 0.194. The van der Waals surface area contributed by atoms with Crippen molar-refractivity contribution in [1.82, 2.24) is 9.78 Å². The number of aryl methyl sites for hydroxylation is 1. The molecule has 1 N–H and O–H groups in total. The molecule has 0 spiro atoms. The molecule has 1 heterocycles. The molecule has 4 nitrogen and oxygen atoms in total. The zero-order valence-electron chi connectivity index (χ0n) is 10.3. The average Bonchev–Trinajstić information content (AvgIpc) is 2.72. The first-order chi connectivity index (χ1) is 8.56. The second-order valence-electron chi connectivity index (χ2n) is 4.17. The van der Waals surface area contributed by atoms with Gasteiger partial charge in [-0.15, -0.1) is 0 Å². The topological polar surface area (TPSA) is 47.3 Å². The van der Waals surface area contributed by atoms with Crippen LogP contribution in [-0.2, 0) is 13.7 Å². The van der Waals surface area contributed by atoms with E-state index in [9.17, 15) is 9.50 Å². The molecule has 0 saturated carbocycles. The Bertz CT molecular complexity index is 538. The van der Waals surface area contributed by atoms with Gasteiger partial charge in [0.2, 0.25) is 0 Å². The molecule has 96 valence electrons. The maximum absolute atomic E-state index is 13.6. The molecule has 2 aromatic rings. The van der Waals surface area contributed by atoms with Crippen molar-refractivity contribution >= 4 is 0 Å². The van der Waals surface area contributed by atoms with Crippen molar-refractivity contribution in [2.75, 3.05) is 0 Å². The smallest absolute Gasteiger partial charge is 0.132 e. The van der Waals surface area contributed by atoms with Gasteiger partial charge in [0.05, 0.1) is 12.3 Å². The Balaban J connectivity index is 2.04. The molecule has 5 heteroatoms. The Morgan fingerprint density at radius 2 is 2.28 bits per heavy atom. The summed E-state index contributed by atoms with van der Waals surface area (Å²) in [6.45, 7) is 1.86. The molecule has 0 aliphatic carbocycles. The third kappa shape index (κ3) is 2.87. The van der Waals surface area contributed by atoms with Crippen molar-refractivity contribution < 1.29 is 14.2 Å². The zero-order chi connectivity index (χ0) is 13.1. The number of aromatic nitrogens is 2. The number of hydrogen-bond donors (Lipinski definition) is 1. The second kappa shape index (κ2) is 5.18. The fraction of sp³-hybridized carbons (Fsp3) is 0.308. The molecular weight excluding hydrogens is 235 g/mol. The average molecular weight is 250 g/mol. The summed E-state index contributed by atoms with van der Waals surface area (Å²) in [5.41, 5.74) is 1.18. The lowest BCUT2D eigenvalue weighted by Gasteiger charge is -2.09. The lowest BCUT2D eigenvalue weighted by Crippen LogP contribution is -1.98. The number of halogens is 1. The van der Waals surface area contributed by atoms with Gasteiger partial charge in [0.25, 0.3) is 0 Å². The van der Waals surface area contributed by atoms with Crippen LogP contribution in [-0.4, -0.2) is 14.9 Å². The van der Waals surface area contributed by atoms with Gasteiger partial charge in [0.1, 0.15) is 18.2 Å². The summed E-state index contributed by atoms with van der Waals surface area (Å²) < 4.78 is 20.7. The van der Waals surface area contributed by atoms with Gasteiger partial charge in [0.15, 0.2) is 0 Å². The monoisotopic (exact) mass is 250 g/mol. The Labute approximate surface area is 105 Å². The van der Waals surface area contributed by atoms with E-state index in [1.54, 1.807) is 16.9 Å². The summed E-state index contributed by atoms with van der Waals surface area (Å²) >= 11 is 0. The van der Waals surface area contributed by atoms with Gasteiger partial charge in [-0.25, -0.2) is 4.39 Å². The van der Waals surface area contributed by atoms with Gasteiger partial charge in [0, 0.05) is 30.4 Å². The van der Waals surface area contributed by atoms with Crippen molar-refractivity contribution in [3.8, 4) is 5.75 Å². The van der Waals surface area contributed by atoms with Gasteiger partial charge in [-0.2, -0.15) is 5.10 Å². The first-order valence-corrected chi connectivity index (χ1v) is 5.64. The molecule has 1 aromatic heterocycles. The first kappa shape index (κ1) is 12.6. The molecule has 0 unspecified atom stereocenters. The second-order valence-corrected chi connectivity index (χ2v) is 4.17. The fourth-order valence-corrected chi connectivity index (χ4v) is 1.65. The number of hydrogen-bond acceptors (Lipinski definition) is 3. The molecule has 0 fully saturated rings. The van der Waals surface area contributed by atoms with Crippen LogP contribution in [0.5, 0.6) is 5.75 Å². The maximum Gasteiger partial charge on any atom is 0.132 e. The van der Waals surface area contributed by atoms with E-state index >= 15 is 0 Å². The molecule has 0 aliphatic rings. The molecule has 0 bridgehead atoms. The van der Waals surface area contributed by atoms with E-state index in [0.29, 0.717) is 12.4 Å². The van der Waals surface area contributed by atoms with E-state index in [-0.39, 0.29) is 5.56 Å². The standard InChI is InChI=1S/C13H15FN2O2/c1-9(17)12-4-3-11(5-13(12)14)18-8-10-6-15-16(2)7-10/h3-7,9,17H,8H2,1-2H3/t9-/m1/s1. The summed E-state index contributed by atoms with van der Waals surface area (Å²) in [5.74, 6) is -0.0329. The van der Waals surface area contributed by atoms with Crippen LogP contribution >= 0.6 is 0 Å². The van der Waals surface area contributed by atoms with Crippen LogP contribution in [0.4, 0.5) is 4.39 Å². The van der Waals surface area contributed by atoms with E-state index in [1.165, 1.54) is 19.1 Å². The van der Waals surface area contributed by atoms with Gasteiger partial charge in [-0.05, 0) is 19.1 Å². The van der Waals surface area contributed by atoms with Crippen molar-refractivity contribution in [2.24, 2.45) is 7.05 Å². The summed E-state index contributed by atoms with van der Waals surface area (Å²) in [4.78, 5) is 0. The van der Waals surface area contributed by atoms with Crippen LogP contribution in [0.3, 0.4) is 0 Å². The predicted molar refractivity (Wildman–Crippen MR) is 64.6 cm³/mol. The van der Waals surface area contributed by atoms with Crippen molar-refractivity contribution in [1.29, 1.82) is 0 Å². The van der Waals surface area contributed by atoms with Gasteiger partial charge in [-0.1, -0.05) is 0 Å². The summed E-state index contributed by atoms with van der Waals surface area (Å²) in [6, 6.07) is 4.44. The summed E-state index contributed by atoms with van der Waals surface area (Å²) in [7, 11) is 1.82. The van der Waals surface area contributed by atoms with Crippen molar-refractivity contribution in [3.63, 3.8) is 0 Å². The number of aliphatic hydroxyl groups excluding tert-OH is 1. The lowest BCUT2D eigenvalue weighted by atomic mass is 10.1. The third-order valence-corrected chi connectivity index (χ3v) is 2.59. The minimum absolute atomic E-state index is 0.267. The van der Waals surface area contributed by atoms with Gasteiger partial charge in [-0.3, -0.25) is 4.68 Å². The number of ether oxygens (including phenoxy) is 1. The van der Waals surface area contributed by atoms with E-state index in [2.05, 4.69) is 5.10 Å². The van der Waals surface area contributed by atoms with Crippen LogP contribution in [0.1, 0.15) is 24.2 Å². The molecule has 1 aromatic carbocycles. The Hall–Kier alpha value is -1.88.